The van der Waals surface area contributed by atoms with Crippen LogP contribution in [0.4, 0.5) is 0 Å². The Bertz CT molecular complexity index is 521. The standard InChI is InChI=1S/C12H21N3O11/c13-14-15-23-2-5-6(18)8(20)9(21)11(24-5)26-12(3-17)10(22)7(19)4(1-16)25-12/h4-11,16-22H,1-3H2/t4-,5-,6-,7-,8+,9-,10+,11?,12+/m1/s1. The minimum Gasteiger partial charge on any atom is -0.431 e. The smallest absolute Gasteiger partial charge is 0.224 e. The Labute approximate surface area is 146 Å². The molecule has 26 heavy (non-hydrogen) atoms. The van der Waals surface area contributed by atoms with Crippen molar-refractivity contribution in [2.75, 3.05) is 19.8 Å². The van der Waals surface area contributed by atoms with Gasteiger partial charge in [-0.1, -0.05) is 0 Å². The van der Waals surface area contributed by atoms with Crippen molar-refractivity contribution in [3.05, 3.63) is 10.4 Å². The van der Waals surface area contributed by atoms with Gasteiger partial charge in [0.25, 0.3) is 0 Å². The molecule has 0 aromatic rings. The fourth-order valence-corrected chi connectivity index (χ4v) is 2.75. The molecule has 150 valence electrons. The van der Waals surface area contributed by atoms with Gasteiger partial charge in [0, 0.05) is 4.91 Å². The third-order valence-electron chi connectivity index (χ3n) is 4.22. The Kier molecular flexibility index (Phi) is 6.95. The maximum Gasteiger partial charge on any atom is 0.224 e. The lowest BCUT2D eigenvalue weighted by atomic mass is 9.99. The average Bonchev–Trinajstić information content (AvgIpc) is 2.88. The zero-order valence-corrected chi connectivity index (χ0v) is 13.3. The van der Waals surface area contributed by atoms with Crippen LogP contribution in [-0.2, 0) is 19.0 Å². The number of ether oxygens (including phenoxy) is 3. The van der Waals surface area contributed by atoms with E-state index in [1.807, 2.05) is 0 Å². The Morgan fingerprint density at radius 1 is 1.00 bits per heavy atom. The van der Waals surface area contributed by atoms with Gasteiger partial charge < -0.3 is 54.8 Å². The van der Waals surface area contributed by atoms with Gasteiger partial charge in [0.2, 0.25) is 5.79 Å². The van der Waals surface area contributed by atoms with Gasteiger partial charge in [0.1, 0.15) is 61.2 Å². The Morgan fingerprint density at radius 3 is 2.23 bits per heavy atom. The number of aliphatic hydroxyl groups is 7. The minimum atomic E-state index is -2.27. The highest BCUT2D eigenvalue weighted by Gasteiger charge is 2.58. The summed E-state index contributed by atoms with van der Waals surface area (Å²) in [6.45, 7) is -2.19. The molecule has 7 N–H and O–H groups in total. The van der Waals surface area contributed by atoms with Gasteiger partial charge >= 0.3 is 0 Å². The molecule has 0 bridgehead atoms. The van der Waals surface area contributed by atoms with E-state index in [9.17, 15) is 30.6 Å². The highest BCUT2D eigenvalue weighted by Crippen LogP contribution is 2.35. The molecule has 1 unspecified atom stereocenters. The Balaban J connectivity index is 2.15. The molecule has 2 aliphatic heterocycles. The van der Waals surface area contributed by atoms with Crippen LogP contribution in [0.2, 0.25) is 0 Å². The van der Waals surface area contributed by atoms with Crippen molar-refractivity contribution in [1.29, 1.82) is 0 Å². The molecule has 0 aliphatic carbocycles. The van der Waals surface area contributed by atoms with Crippen LogP contribution in [0.1, 0.15) is 0 Å². The summed E-state index contributed by atoms with van der Waals surface area (Å²) in [5.74, 6) is -2.27. The molecular weight excluding hydrogens is 362 g/mol. The molecular formula is C12H21N3O11. The molecule has 0 aromatic heterocycles. The van der Waals surface area contributed by atoms with Crippen LogP contribution in [0.3, 0.4) is 0 Å². The molecule has 0 radical (unpaired) electrons. The van der Waals surface area contributed by atoms with Crippen LogP contribution in [0.15, 0.2) is 5.28 Å². The van der Waals surface area contributed by atoms with Gasteiger partial charge in [0.15, 0.2) is 6.29 Å². The normalized spacial score (nSPS) is 46.0. The lowest BCUT2D eigenvalue weighted by molar-refractivity contribution is -0.384. The summed E-state index contributed by atoms with van der Waals surface area (Å²) in [4.78, 5) is 6.82. The second kappa shape index (κ2) is 8.60. The number of nitrogens with zero attached hydrogens (tertiary/aromatic N) is 3. The molecule has 2 saturated heterocycles. The molecule has 14 heteroatoms. The van der Waals surface area contributed by atoms with Crippen molar-refractivity contribution >= 4 is 0 Å². The third-order valence-corrected chi connectivity index (χ3v) is 4.22. The van der Waals surface area contributed by atoms with Crippen molar-refractivity contribution in [3.63, 3.8) is 0 Å². The first-order valence-corrected chi connectivity index (χ1v) is 7.60. The largest absolute Gasteiger partial charge is 0.431 e. The summed E-state index contributed by atoms with van der Waals surface area (Å²) < 4.78 is 15.7. The van der Waals surface area contributed by atoms with E-state index in [0.717, 1.165) is 0 Å². The lowest BCUT2D eigenvalue weighted by Gasteiger charge is -2.43. The quantitative estimate of drug-likeness (QED) is 0.0965. The molecule has 2 heterocycles. The van der Waals surface area contributed by atoms with E-state index in [1.165, 1.54) is 0 Å². The second-order valence-electron chi connectivity index (χ2n) is 5.84. The first kappa shape index (κ1) is 21.0. The highest BCUT2D eigenvalue weighted by atomic mass is 16.8. The first-order valence-electron chi connectivity index (χ1n) is 7.60. The zero-order chi connectivity index (χ0) is 19.5. The van der Waals surface area contributed by atoms with Crippen molar-refractivity contribution in [2.24, 2.45) is 5.28 Å². The molecule has 0 aromatic carbocycles. The van der Waals surface area contributed by atoms with Crippen molar-refractivity contribution < 1.29 is 54.8 Å². The van der Waals surface area contributed by atoms with Gasteiger partial charge in [-0.25, -0.2) is 0 Å². The summed E-state index contributed by atoms with van der Waals surface area (Å²) in [6.07, 6.45) is -13.0. The monoisotopic (exact) mass is 383 g/mol. The van der Waals surface area contributed by atoms with Crippen molar-refractivity contribution in [1.82, 2.24) is 0 Å². The zero-order valence-electron chi connectivity index (χ0n) is 13.3. The van der Waals surface area contributed by atoms with E-state index in [4.69, 9.17) is 24.8 Å². The van der Waals surface area contributed by atoms with Crippen molar-refractivity contribution in [3.8, 4) is 0 Å². The summed E-state index contributed by atoms with van der Waals surface area (Å²) in [6, 6.07) is 0. The van der Waals surface area contributed by atoms with Gasteiger partial charge in [0.05, 0.1) is 6.61 Å². The minimum absolute atomic E-state index is 0.508. The number of hydrogen-bond donors (Lipinski definition) is 7. The molecule has 0 spiro atoms. The van der Waals surface area contributed by atoms with Crippen molar-refractivity contribution in [2.45, 2.75) is 54.8 Å². The summed E-state index contributed by atoms with van der Waals surface area (Å²) in [5.41, 5.74) is 8.17. The lowest BCUT2D eigenvalue weighted by Crippen LogP contribution is -2.62. The van der Waals surface area contributed by atoms with Gasteiger partial charge in [-0.2, -0.15) is 0 Å². The van der Waals surface area contributed by atoms with Crippen LogP contribution < -0.4 is 0 Å². The molecule has 2 fully saturated rings. The predicted molar refractivity (Wildman–Crippen MR) is 76.7 cm³/mol. The number of aliphatic hydroxyl groups excluding tert-OH is 7. The van der Waals surface area contributed by atoms with Gasteiger partial charge in [-0.05, 0) is 5.53 Å². The van der Waals surface area contributed by atoms with Crippen LogP contribution in [0.25, 0.3) is 10.4 Å². The highest BCUT2D eigenvalue weighted by molar-refractivity contribution is 4.98. The van der Waals surface area contributed by atoms with E-state index in [2.05, 4.69) is 15.0 Å². The topological polar surface area (TPSA) is 227 Å². The van der Waals surface area contributed by atoms with Crippen LogP contribution in [-0.4, -0.2) is 110 Å². The van der Waals surface area contributed by atoms with E-state index in [-0.39, 0.29) is 0 Å². The van der Waals surface area contributed by atoms with E-state index >= 15 is 0 Å². The van der Waals surface area contributed by atoms with Crippen LogP contribution in [0.5, 0.6) is 0 Å². The molecule has 2 aliphatic rings. The fourth-order valence-electron chi connectivity index (χ4n) is 2.75. The number of azide groups is 1. The van der Waals surface area contributed by atoms with Gasteiger partial charge in [-0.15, -0.1) is 0 Å². The summed E-state index contributed by atoms with van der Waals surface area (Å²) >= 11 is 0. The molecule has 0 amide bonds. The third kappa shape index (κ3) is 3.85. The predicted octanol–water partition coefficient (Wildman–Crippen LogP) is -4.15. The Hall–Kier alpha value is -1.29. The van der Waals surface area contributed by atoms with Gasteiger partial charge in [-0.3, -0.25) is 0 Å². The fraction of sp³-hybridized carbons (Fsp3) is 1.00. The number of rotatable bonds is 7. The molecule has 2 rings (SSSR count). The van der Waals surface area contributed by atoms with Crippen LogP contribution in [0, 0.1) is 0 Å². The molecule has 0 saturated carbocycles. The molecule has 14 nitrogen and oxygen atoms in total. The molecule has 9 atom stereocenters. The maximum atomic E-state index is 10.1. The van der Waals surface area contributed by atoms with Crippen LogP contribution >= 0.6 is 0 Å². The maximum absolute atomic E-state index is 10.1. The number of hydrogen-bond acceptors (Lipinski definition) is 12. The average molecular weight is 383 g/mol. The van der Waals surface area contributed by atoms with E-state index < -0.39 is 74.6 Å². The van der Waals surface area contributed by atoms with E-state index in [0.29, 0.717) is 0 Å². The second-order valence-corrected chi connectivity index (χ2v) is 5.84. The van der Waals surface area contributed by atoms with E-state index in [1.54, 1.807) is 0 Å². The summed E-state index contributed by atoms with van der Waals surface area (Å²) in [7, 11) is 0. The SMILES string of the molecule is [N-]=[N+]=NOC[C@H]1OC(O[C@]2(CO)O[C@H](CO)[C@@H](O)[C@@H]2O)[C@H](O)[C@@H](O)[C@@H]1O. The first-order chi connectivity index (χ1) is 12.3. The summed E-state index contributed by atoms with van der Waals surface area (Å²) in [5, 5.41) is 71.2. The Morgan fingerprint density at radius 2 is 1.69 bits per heavy atom.